The number of nitrogens with zero attached hydrogens (tertiary/aromatic N) is 1. The number of benzene rings is 3. The van der Waals surface area contributed by atoms with Gasteiger partial charge in [-0.05, 0) is 115 Å². The molecule has 3 N–H and O–H groups in total. The molecule has 3 aromatic carbocycles. The molecule has 236 valence electrons. The SMILES string of the molecule is Cc1ccc(C(C(=O)Nc2c(C)cccc2C)N(C(=O)C(Cc2ccc(O)cc2)NC(=O)OC(C)(C)C)C(C)(C)C)cc1C. The number of para-hydroxylation sites is 1. The van der Waals surface area contributed by atoms with Crippen molar-refractivity contribution >= 4 is 23.6 Å². The fourth-order valence-corrected chi connectivity index (χ4v) is 5.09. The maximum absolute atomic E-state index is 14.7. The first-order valence-corrected chi connectivity index (χ1v) is 14.9. The summed E-state index contributed by atoms with van der Waals surface area (Å²) in [5.41, 5.74) is 4.29. The van der Waals surface area contributed by atoms with E-state index in [4.69, 9.17) is 4.74 Å². The largest absolute Gasteiger partial charge is 0.508 e. The number of anilines is 1. The van der Waals surface area contributed by atoms with E-state index in [1.807, 2.05) is 84.9 Å². The van der Waals surface area contributed by atoms with Gasteiger partial charge in [0.1, 0.15) is 23.4 Å². The lowest BCUT2D eigenvalue weighted by Crippen LogP contribution is -2.58. The van der Waals surface area contributed by atoms with E-state index in [-0.39, 0.29) is 18.1 Å². The molecule has 2 atom stereocenters. The maximum atomic E-state index is 14.7. The summed E-state index contributed by atoms with van der Waals surface area (Å²) in [6.07, 6.45) is -0.630. The van der Waals surface area contributed by atoms with E-state index >= 15 is 0 Å². The third kappa shape index (κ3) is 8.85. The number of carbonyl (C=O) groups excluding carboxylic acids is 3. The molecule has 2 unspecified atom stereocenters. The molecule has 0 fully saturated rings. The number of rotatable bonds is 8. The summed E-state index contributed by atoms with van der Waals surface area (Å²) in [5, 5.41) is 15.7. The summed E-state index contributed by atoms with van der Waals surface area (Å²) < 4.78 is 5.53. The highest BCUT2D eigenvalue weighted by molar-refractivity contribution is 6.00. The molecule has 0 aliphatic heterocycles. The molecule has 0 radical (unpaired) electrons. The van der Waals surface area contributed by atoms with Crippen molar-refractivity contribution in [3.8, 4) is 5.75 Å². The number of alkyl carbamates (subject to hydrolysis) is 1. The Balaban J connectivity index is 2.16. The summed E-state index contributed by atoms with van der Waals surface area (Å²) in [6, 6.07) is 15.9. The van der Waals surface area contributed by atoms with Gasteiger partial charge < -0.3 is 25.4 Å². The zero-order valence-corrected chi connectivity index (χ0v) is 27.7. The Labute approximate surface area is 261 Å². The minimum absolute atomic E-state index is 0.0889. The number of amides is 3. The highest BCUT2D eigenvalue weighted by Crippen LogP contribution is 2.33. The van der Waals surface area contributed by atoms with Gasteiger partial charge in [-0.2, -0.15) is 0 Å². The molecule has 8 nitrogen and oxygen atoms in total. The van der Waals surface area contributed by atoms with Crippen LogP contribution in [0.5, 0.6) is 5.75 Å². The molecule has 3 amide bonds. The molecule has 3 rings (SSSR count). The van der Waals surface area contributed by atoms with Gasteiger partial charge in [0, 0.05) is 17.6 Å². The van der Waals surface area contributed by atoms with Gasteiger partial charge in [0.25, 0.3) is 5.91 Å². The summed E-state index contributed by atoms with van der Waals surface area (Å²) in [4.78, 5) is 43.7. The van der Waals surface area contributed by atoms with Gasteiger partial charge in [-0.3, -0.25) is 9.59 Å². The first-order valence-electron chi connectivity index (χ1n) is 14.9. The number of phenolic OH excluding ortho intramolecular Hbond substituents is 1. The smallest absolute Gasteiger partial charge is 0.408 e. The lowest BCUT2D eigenvalue weighted by Gasteiger charge is -2.43. The third-order valence-corrected chi connectivity index (χ3v) is 7.41. The van der Waals surface area contributed by atoms with Crippen molar-refractivity contribution in [3.63, 3.8) is 0 Å². The van der Waals surface area contributed by atoms with Crippen LogP contribution in [0.3, 0.4) is 0 Å². The maximum Gasteiger partial charge on any atom is 0.408 e. The standard InChI is InChI=1S/C36H47N3O5/c1-22-14-17-27(20-25(22)4)31(32(41)38-30-23(2)12-11-13-24(30)3)39(35(5,6)7)33(42)29(37-34(43)44-36(8,9)10)21-26-15-18-28(40)19-16-26/h11-20,29,31,40H,21H2,1-10H3,(H,37,43)(H,38,41). The molecule has 0 aliphatic rings. The predicted molar refractivity (Wildman–Crippen MR) is 175 cm³/mol. The van der Waals surface area contributed by atoms with Crippen molar-refractivity contribution < 1.29 is 24.2 Å². The van der Waals surface area contributed by atoms with E-state index in [1.54, 1.807) is 37.8 Å². The van der Waals surface area contributed by atoms with E-state index in [2.05, 4.69) is 10.6 Å². The topological polar surface area (TPSA) is 108 Å². The normalized spacial score (nSPS) is 13.0. The summed E-state index contributed by atoms with van der Waals surface area (Å²) in [6.45, 7) is 18.7. The molecule has 44 heavy (non-hydrogen) atoms. The van der Waals surface area contributed by atoms with Gasteiger partial charge in [-0.25, -0.2) is 4.79 Å². The molecular formula is C36H47N3O5. The van der Waals surface area contributed by atoms with Crippen LogP contribution in [0.2, 0.25) is 0 Å². The zero-order valence-electron chi connectivity index (χ0n) is 27.7. The molecule has 3 aromatic rings. The van der Waals surface area contributed by atoms with E-state index in [0.29, 0.717) is 16.8 Å². The number of ether oxygens (including phenoxy) is 1. The molecule has 0 bridgehead atoms. The summed E-state index contributed by atoms with van der Waals surface area (Å²) in [5.74, 6) is -0.725. The Morgan fingerprint density at radius 2 is 1.41 bits per heavy atom. The first kappa shape index (κ1) is 34.2. The highest BCUT2D eigenvalue weighted by atomic mass is 16.6. The summed E-state index contributed by atoms with van der Waals surface area (Å²) in [7, 11) is 0. The van der Waals surface area contributed by atoms with Gasteiger partial charge in [0.05, 0.1) is 0 Å². The zero-order chi connectivity index (χ0) is 33.0. The molecule has 8 heteroatoms. The fraction of sp³-hybridized carbons (Fsp3) is 0.417. The van der Waals surface area contributed by atoms with Gasteiger partial charge in [0.15, 0.2) is 0 Å². The van der Waals surface area contributed by atoms with E-state index in [0.717, 1.165) is 22.3 Å². The Kier molecular flexibility index (Phi) is 10.5. The van der Waals surface area contributed by atoms with Crippen LogP contribution in [0, 0.1) is 27.7 Å². The average molecular weight is 602 g/mol. The summed E-state index contributed by atoms with van der Waals surface area (Å²) >= 11 is 0. The third-order valence-electron chi connectivity index (χ3n) is 7.41. The van der Waals surface area contributed by atoms with Crippen molar-refractivity contribution in [1.82, 2.24) is 10.2 Å². The van der Waals surface area contributed by atoms with E-state index in [9.17, 15) is 19.5 Å². The second kappa shape index (κ2) is 13.5. The molecule has 0 saturated carbocycles. The minimum atomic E-state index is -1.07. The number of hydrogen-bond donors (Lipinski definition) is 3. The van der Waals surface area contributed by atoms with Crippen LogP contribution >= 0.6 is 0 Å². The van der Waals surface area contributed by atoms with Crippen LogP contribution in [0.25, 0.3) is 0 Å². The first-order chi connectivity index (χ1) is 20.4. The highest BCUT2D eigenvalue weighted by Gasteiger charge is 2.42. The van der Waals surface area contributed by atoms with Crippen LogP contribution in [0.1, 0.15) is 81.0 Å². The van der Waals surface area contributed by atoms with Crippen LogP contribution in [-0.4, -0.2) is 45.1 Å². The number of aromatic hydroxyl groups is 1. The number of carbonyl (C=O) groups is 3. The number of nitrogens with one attached hydrogen (secondary N) is 2. The van der Waals surface area contributed by atoms with Gasteiger partial charge in [-0.1, -0.05) is 48.5 Å². The minimum Gasteiger partial charge on any atom is -0.508 e. The second-order valence-electron chi connectivity index (χ2n) is 13.5. The van der Waals surface area contributed by atoms with Crippen molar-refractivity contribution in [2.75, 3.05) is 5.32 Å². The predicted octanol–water partition coefficient (Wildman–Crippen LogP) is 7.07. The lowest BCUT2D eigenvalue weighted by atomic mass is 9.92. The Hall–Kier alpha value is -4.33. The molecule has 0 spiro atoms. The fourth-order valence-electron chi connectivity index (χ4n) is 5.09. The molecule has 0 heterocycles. The van der Waals surface area contributed by atoms with Crippen molar-refractivity contribution in [2.24, 2.45) is 0 Å². The quantitative estimate of drug-likeness (QED) is 0.256. The number of phenols is 1. The van der Waals surface area contributed by atoms with Gasteiger partial charge in [0.2, 0.25) is 5.91 Å². The van der Waals surface area contributed by atoms with Gasteiger partial charge >= 0.3 is 6.09 Å². The van der Waals surface area contributed by atoms with E-state index < -0.39 is 35.2 Å². The van der Waals surface area contributed by atoms with Crippen LogP contribution in [0.15, 0.2) is 60.7 Å². The Morgan fingerprint density at radius 3 is 1.93 bits per heavy atom. The second-order valence-corrected chi connectivity index (χ2v) is 13.5. The molecular weight excluding hydrogens is 554 g/mol. The van der Waals surface area contributed by atoms with Gasteiger partial charge in [-0.15, -0.1) is 0 Å². The van der Waals surface area contributed by atoms with Crippen LogP contribution in [-0.2, 0) is 20.7 Å². The average Bonchev–Trinajstić information content (AvgIpc) is 2.89. The molecule has 0 aliphatic carbocycles. The monoisotopic (exact) mass is 601 g/mol. The van der Waals surface area contributed by atoms with Crippen molar-refractivity contribution in [2.45, 2.75) is 98.9 Å². The Bertz CT molecular complexity index is 1480. The van der Waals surface area contributed by atoms with Crippen LogP contribution in [0.4, 0.5) is 10.5 Å². The van der Waals surface area contributed by atoms with Crippen LogP contribution < -0.4 is 10.6 Å². The Morgan fingerprint density at radius 1 is 0.818 bits per heavy atom. The van der Waals surface area contributed by atoms with Crippen molar-refractivity contribution in [1.29, 1.82) is 0 Å². The number of hydrogen-bond acceptors (Lipinski definition) is 5. The molecule has 0 aromatic heterocycles. The van der Waals surface area contributed by atoms with Crippen molar-refractivity contribution in [3.05, 3.63) is 94.0 Å². The van der Waals surface area contributed by atoms with E-state index in [1.165, 1.54) is 12.1 Å². The number of aryl methyl sites for hydroxylation is 4. The molecule has 0 saturated heterocycles. The lowest BCUT2D eigenvalue weighted by molar-refractivity contribution is -0.146.